The van der Waals surface area contributed by atoms with E-state index in [0.29, 0.717) is 17.9 Å². The van der Waals surface area contributed by atoms with Crippen molar-refractivity contribution in [2.24, 2.45) is 0 Å². The Morgan fingerprint density at radius 2 is 2.22 bits per heavy atom. The maximum Gasteiger partial charge on any atom is 0.338 e. The van der Waals surface area contributed by atoms with E-state index >= 15 is 0 Å². The monoisotopic (exact) mass is 265 g/mol. The summed E-state index contributed by atoms with van der Waals surface area (Å²) in [6.45, 7) is 3.98. The van der Waals surface area contributed by atoms with Crippen molar-refractivity contribution in [2.45, 2.75) is 18.6 Å². The van der Waals surface area contributed by atoms with E-state index in [2.05, 4.69) is 5.32 Å². The zero-order chi connectivity index (χ0) is 13.3. The molecule has 0 radical (unpaired) electrons. The number of anilines is 1. The zero-order valence-electron chi connectivity index (χ0n) is 10.6. The number of amides is 1. The lowest BCUT2D eigenvalue weighted by atomic mass is 10.0. The number of carbonyl (C=O) groups is 2. The molecule has 0 spiro atoms. The predicted octanol–water partition coefficient (Wildman–Crippen LogP) is 2.39. The molecule has 1 N–H and O–H groups in total. The standard InChI is InChI=1S/C13H15NO3S/c1-4-17-11(15)8-5-6-9-10(7-8)14-12(16)13(9,2)18-3/h5-7H,4H2,1-3H3,(H,14,16). The summed E-state index contributed by atoms with van der Waals surface area (Å²) < 4.78 is 4.36. The van der Waals surface area contributed by atoms with Crippen LogP contribution in [0.25, 0.3) is 0 Å². The molecule has 1 aliphatic rings. The fourth-order valence-corrected chi connectivity index (χ4v) is 2.61. The Balaban J connectivity index is 2.40. The lowest BCUT2D eigenvalue weighted by Crippen LogP contribution is -2.26. The van der Waals surface area contributed by atoms with E-state index in [9.17, 15) is 9.59 Å². The van der Waals surface area contributed by atoms with Gasteiger partial charge < -0.3 is 10.1 Å². The average molecular weight is 265 g/mol. The third-order valence-electron chi connectivity index (χ3n) is 3.13. The van der Waals surface area contributed by atoms with E-state index in [-0.39, 0.29) is 11.9 Å². The van der Waals surface area contributed by atoms with Crippen LogP contribution in [0.1, 0.15) is 29.8 Å². The highest BCUT2D eigenvalue weighted by molar-refractivity contribution is 8.00. The number of hydrogen-bond acceptors (Lipinski definition) is 4. The molecule has 2 rings (SSSR count). The summed E-state index contributed by atoms with van der Waals surface area (Å²) in [7, 11) is 0. The molecule has 1 aromatic carbocycles. The summed E-state index contributed by atoms with van der Waals surface area (Å²) in [5, 5.41) is 2.81. The minimum Gasteiger partial charge on any atom is -0.462 e. The van der Waals surface area contributed by atoms with Crippen molar-refractivity contribution in [1.82, 2.24) is 0 Å². The molecular weight excluding hydrogens is 250 g/mol. The minimum atomic E-state index is -0.581. The highest BCUT2D eigenvalue weighted by Crippen LogP contribution is 2.44. The van der Waals surface area contributed by atoms with Crippen molar-refractivity contribution < 1.29 is 14.3 Å². The molecule has 0 fully saturated rings. The largest absolute Gasteiger partial charge is 0.462 e. The van der Waals surface area contributed by atoms with Gasteiger partial charge in [0.25, 0.3) is 0 Å². The van der Waals surface area contributed by atoms with Crippen LogP contribution in [-0.4, -0.2) is 24.7 Å². The number of hydrogen-bond donors (Lipinski definition) is 1. The molecule has 0 aromatic heterocycles. The fourth-order valence-electron chi connectivity index (χ4n) is 1.97. The molecule has 4 nitrogen and oxygen atoms in total. The topological polar surface area (TPSA) is 55.4 Å². The first kappa shape index (κ1) is 13.0. The third kappa shape index (κ3) is 1.88. The smallest absolute Gasteiger partial charge is 0.338 e. The van der Waals surface area contributed by atoms with Gasteiger partial charge in [-0.1, -0.05) is 6.07 Å². The molecule has 1 heterocycles. The van der Waals surface area contributed by atoms with Gasteiger partial charge in [0.1, 0.15) is 4.75 Å². The SMILES string of the molecule is CCOC(=O)c1ccc2c(c1)NC(=O)C2(C)SC. The van der Waals surface area contributed by atoms with E-state index in [1.54, 1.807) is 19.1 Å². The Hall–Kier alpha value is -1.49. The zero-order valence-corrected chi connectivity index (χ0v) is 11.4. The van der Waals surface area contributed by atoms with Crippen LogP contribution in [0.2, 0.25) is 0 Å². The average Bonchev–Trinajstić information content (AvgIpc) is 2.62. The second kappa shape index (κ2) is 4.65. The third-order valence-corrected chi connectivity index (χ3v) is 4.36. The van der Waals surface area contributed by atoms with E-state index in [4.69, 9.17) is 4.74 Å². The predicted molar refractivity (Wildman–Crippen MR) is 71.9 cm³/mol. The Bertz CT molecular complexity index is 515. The molecule has 0 bridgehead atoms. The molecule has 5 heteroatoms. The molecule has 1 aliphatic heterocycles. The summed E-state index contributed by atoms with van der Waals surface area (Å²) >= 11 is 1.48. The molecule has 0 saturated heterocycles. The molecule has 0 aliphatic carbocycles. The quantitative estimate of drug-likeness (QED) is 0.853. The van der Waals surface area contributed by atoms with Gasteiger partial charge in [0, 0.05) is 11.3 Å². The van der Waals surface area contributed by atoms with Gasteiger partial charge in [-0.25, -0.2) is 4.79 Å². The second-order valence-electron chi connectivity index (χ2n) is 4.17. The van der Waals surface area contributed by atoms with Crippen molar-refractivity contribution >= 4 is 29.3 Å². The van der Waals surface area contributed by atoms with Gasteiger partial charge in [-0.3, -0.25) is 4.79 Å². The Morgan fingerprint density at radius 3 is 2.83 bits per heavy atom. The number of carbonyl (C=O) groups excluding carboxylic acids is 2. The maximum atomic E-state index is 11.9. The lowest BCUT2D eigenvalue weighted by molar-refractivity contribution is -0.117. The summed E-state index contributed by atoms with van der Waals surface area (Å²) in [5.41, 5.74) is 2.07. The van der Waals surface area contributed by atoms with Crippen LogP contribution in [0, 0.1) is 0 Å². The van der Waals surface area contributed by atoms with Crippen LogP contribution in [0.5, 0.6) is 0 Å². The van der Waals surface area contributed by atoms with Gasteiger partial charge in [0.05, 0.1) is 12.2 Å². The molecular formula is C13H15NO3S. The van der Waals surface area contributed by atoms with Crippen molar-refractivity contribution in [3.63, 3.8) is 0 Å². The van der Waals surface area contributed by atoms with Gasteiger partial charge in [-0.2, -0.15) is 0 Å². The Kier molecular flexibility index (Phi) is 3.34. The van der Waals surface area contributed by atoms with Crippen LogP contribution in [0.4, 0.5) is 5.69 Å². The van der Waals surface area contributed by atoms with Crippen LogP contribution in [-0.2, 0) is 14.3 Å². The Labute approximate surface area is 110 Å². The molecule has 18 heavy (non-hydrogen) atoms. The molecule has 0 saturated carbocycles. The van der Waals surface area contributed by atoms with E-state index < -0.39 is 4.75 Å². The van der Waals surface area contributed by atoms with Gasteiger partial charge in [-0.15, -0.1) is 11.8 Å². The summed E-state index contributed by atoms with van der Waals surface area (Å²) in [4.78, 5) is 23.6. The number of rotatable bonds is 3. The number of ether oxygens (including phenoxy) is 1. The van der Waals surface area contributed by atoms with Crippen molar-refractivity contribution in [3.8, 4) is 0 Å². The van der Waals surface area contributed by atoms with Crippen LogP contribution < -0.4 is 5.32 Å². The number of thioether (sulfide) groups is 1. The summed E-state index contributed by atoms with van der Waals surface area (Å²) in [5.74, 6) is -0.418. The number of nitrogens with one attached hydrogen (secondary N) is 1. The van der Waals surface area contributed by atoms with E-state index in [1.807, 2.05) is 19.2 Å². The first-order chi connectivity index (χ1) is 8.52. The molecule has 1 aromatic rings. The van der Waals surface area contributed by atoms with Gasteiger partial charge >= 0.3 is 5.97 Å². The van der Waals surface area contributed by atoms with Crippen molar-refractivity contribution in [3.05, 3.63) is 29.3 Å². The highest BCUT2D eigenvalue weighted by Gasteiger charge is 2.42. The van der Waals surface area contributed by atoms with Gasteiger partial charge in [0.2, 0.25) is 5.91 Å². The number of fused-ring (bicyclic) bond motifs is 1. The molecule has 96 valence electrons. The van der Waals surface area contributed by atoms with Crippen molar-refractivity contribution in [2.75, 3.05) is 18.2 Å². The second-order valence-corrected chi connectivity index (χ2v) is 5.40. The van der Waals surface area contributed by atoms with Crippen molar-refractivity contribution in [1.29, 1.82) is 0 Å². The normalized spacial score (nSPS) is 21.4. The number of benzene rings is 1. The summed E-state index contributed by atoms with van der Waals surface area (Å²) in [6, 6.07) is 5.19. The molecule has 1 atom stereocenters. The summed E-state index contributed by atoms with van der Waals surface area (Å²) in [6.07, 6.45) is 1.90. The number of esters is 1. The molecule has 1 amide bonds. The lowest BCUT2D eigenvalue weighted by Gasteiger charge is -2.18. The maximum absolute atomic E-state index is 11.9. The van der Waals surface area contributed by atoms with Crippen LogP contribution in [0.3, 0.4) is 0 Å². The molecule has 1 unspecified atom stereocenters. The first-order valence-electron chi connectivity index (χ1n) is 5.71. The van der Waals surface area contributed by atoms with E-state index in [0.717, 1.165) is 5.56 Å². The van der Waals surface area contributed by atoms with Gasteiger partial charge in [-0.05, 0) is 32.2 Å². The first-order valence-corrected chi connectivity index (χ1v) is 6.93. The minimum absolute atomic E-state index is 0.0500. The van der Waals surface area contributed by atoms with E-state index in [1.165, 1.54) is 11.8 Å². The van der Waals surface area contributed by atoms with Gasteiger partial charge in [0.15, 0.2) is 0 Å². The highest BCUT2D eigenvalue weighted by atomic mass is 32.2. The fraction of sp³-hybridized carbons (Fsp3) is 0.385. The Morgan fingerprint density at radius 1 is 1.50 bits per heavy atom. The van der Waals surface area contributed by atoms with Crippen LogP contribution >= 0.6 is 11.8 Å². The van der Waals surface area contributed by atoms with Crippen LogP contribution in [0.15, 0.2) is 18.2 Å².